The highest BCUT2D eigenvalue weighted by atomic mass is 80.0. The summed E-state index contributed by atoms with van der Waals surface area (Å²) in [6.07, 6.45) is 5.97. The van der Waals surface area contributed by atoms with Crippen molar-refractivity contribution in [2.45, 2.75) is 40.3 Å². The van der Waals surface area contributed by atoms with E-state index in [1.807, 2.05) is 0 Å². The molecular weight excluding hydrogens is 366 g/mol. The number of alkyl halides is 3. The summed E-state index contributed by atoms with van der Waals surface area (Å²) < 4.78 is -0.801. The predicted octanol–water partition coefficient (Wildman–Crippen LogP) is 3.27. The van der Waals surface area contributed by atoms with Crippen LogP contribution in [0, 0.1) is 0 Å². The van der Waals surface area contributed by atoms with Crippen molar-refractivity contribution in [3.8, 4) is 0 Å². The first kappa shape index (κ1) is 12.0. The van der Waals surface area contributed by atoms with Gasteiger partial charge in [-0.1, -0.05) is 19.3 Å². The molecule has 2 nitrogen and oxygen atoms in total. The largest absolute Gasteiger partial charge is 0.351 e. The lowest BCUT2D eigenvalue weighted by molar-refractivity contribution is -0.120. The number of halogens is 3. The van der Waals surface area contributed by atoms with Gasteiger partial charge in [-0.15, -0.1) is 0 Å². The van der Waals surface area contributed by atoms with Gasteiger partial charge in [0, 0.05) is 6.04 Å². The lowest BCUT2D eigenvalue weighted by Gasteiger charge is -2.24. The van der Waals surface area contributed by atoms with E-state index in [4.69, 9.17) is 0 Å². The van der Waals surface area contributed by atoms with Crippen LogP contribution in [0.25, 0.3) is 0 Å². The highest BCUT2D eigenvalue weighted by molar-refractivity contribution is 9.40. The number of carbonyl (C=O) groups is 1. The second-order valence-electron chi connectivity index (χ2n) is 3.31. The fraction of sp³-hybridized carbons (Fsp3) is 0.875. The number of nitrogens with one attached hydrogen (secondary N) is 1. The summed E-state index contributed by atoms with van der Waals surface area (Å²) in [7, 11) is 0. The molecule has 0 heterocycles. The zero-order valence-electron chi connectivity index (χ0n) is 7.16. The molecular formula is C8H12Br3NO. The van der Waals surface area contributed by atoms with Crippen LogP contribution in [0.15, 0.2) is 0 Å². The van der Waals surface area contributed by atoms with E-state index in [0.717, 1.165) is 12.8 Å². The van der Waals surface area contributed by atoms with Crippen LogP contribution in [0.4, 0.5) is 0 Å². The van der Waals surface area contributed by atoms with E-state index < -0.39 is 2.14 Å². The van der Waals surface area contributed by atoms with Crippen molar-refractivity contribution in [1.29, 1.82) is 0 Å². The molecule has 0 bridgehead atoms. The molecule has 1 rings (SSSR count). The van der Waals surface area contributed by atoms with Crippen molar-refractivity contribution in [1.82, 2.24) is 5.32 Å². The van der Waals surface area contributed by atoms with Crippen LogP contribution in [-0.4, -0.2) is 14.1 Å². The van der Waals surface area contributed by atoms with Crippen molar-refractivity contribution in [3.63, 3.8) is 0 Å². The highest BCUT2D eigenvalue weighted by Gasteiger charge is 2.30. The molecule has 0 spiro atoms. The van der Waals surface area contributed by atoms with Gasteiger partial charge in [-0.3, -0.25) is 4.79 Å². The topological polar surface area (TPSA) is 29.1 Å². The lowest BCUT2D eigenvalue weighted by atomic mass is 9.95. The molecule has 0 aromatic rings. The Morgan fingerprint density at radius 1 is 1.15 bits per heavy atom. The summed E-state index contributed by atoms with van der Waals surface area (Å²) in [5.74, 6) is -0.0561. The summed E-state index contributed by atoms with van der Waals surface area (Å²) in [5, 5.41) is 2.98. The molecule has 0 aromatic carbocycles. The van der Waals surface area contributed by atoms with Gasteiger partial charge in [-0.05, 0) is 60.6 Å². The van der Waals surface area contributed by atoms with Crippen molar-refractivity contribution in [3.05, 3.63) is 0 Å². The number of hydrogen-bond acceptors (Lipinski definition) is 1. The van der Waals surface area contributed by atoms with Gasteiger partial charge in [-0.2, -0.15) is 0 Å². The summed E-state index contributed by atoms with van der Waals surface area (Å²) in [5.41, 5.74) is 0. The van der Waals surface area contributed by atoms with Gasteiger partial charge in [-0.25, -0.2) is 0 Å². The molecule has 1 fully saturated rings. The molecule has 76 valence electrons. The molecule has 0 unspecified atom stereocenters. The molecule has 1 aliphatic carbocycles. The van der Waals surface area contributed by atoms with E-state index in [-0.39, 0.29) is 5.91 Å². The molecule has 0 atom stereocenters. The van der Waals surface area contributed by atoms with Gasteiger partial charge in [0.15, 0.2) is 0 Å². The molecule has 0 radical (unpaired) electrons. The number of hydrogen-bond donors (Lipinski definition) is 1. The Kier molecular flexibility index (Phi) is 4.72. The van der Waals surface area contributed by atoms with E-state index in [1.165, 1.54) is 19.3 Å². The van der Waals surface area contributed by atoms with Gasteiger partial charge in [0.25, 0.3) is 5.91 Å². The second kappa shape index (κ2) is 5.12. The first-order valence-electron chi connectivity index (χ1n) is 4.38. The van der Waals surface area contributed by atoms with Crippen LogP contribution in [0.1, 0.15) is 32.1 Å². The Morgan fingerprint density at radius 3 is 2.15 bits per heavy atom. The Morgan fingerprint density at radius 2 is 1.69 bits per heavy atom. The average Bonchev–Trinajstić information content (AvgIpc) is 2.04. The third-order valence-electron chi connectivity index (χ3n) is 2.20. The third-order valence-corrected chi connectivity index (χ3v) is 3.28. The monoisotopic (exact) mass is 375 g/mol. The summed E-state index contributed by atoms with van der Waals surface area (Å²) >= 11 is 9.58. The molecule has 13 heavy (non-hydrogen) atoms. The fourth-order valence-electron chi connectivity index (χ4n) is 1.51. The minimum absolute atomic E-state index is 0.0561. The standard InChI is InChI=1S/C8H12Br3NO/c9-8(10,11)7(13)12-6-4-2-1-3-5-6/h6H,1-5H2,(H,12,13). The molecule has 5 heteroatoms. The van der Waals surface area contributed by atoms with Gasteiger partial charge < -0.3 is 5.32 Å². The molecule has 1 amide bonds. The van der Waals surface area contributed by atoms with Crippen LogP contribution in [-0.2, 0) is 4.79 Å². The van der Waals surface area contributed by atoms with Gasteiger partial charge in [0.1, 0.15) is 0 Å². The van der Waals surface area contributed by atoms with E-state index in [0.29, 0.717) is 6.04 Å². The molecule has 0 saturated heterocycles. The third kappa shape index (κ3) is 4.30. The van der Waals surface area contributed by atoms with Gasteiger partial charge >= 0.3 is 0 Å². The van der Waals surface area contributed by atoms with Crippen molar-refractivity contribution < 1.29 is 4.79 Å². The van der Waals surface area contributed by atoms with Crippen molar-refractivity contribution in [2.24, 2.45) is 0 Å². The quantitative estimate of drug-likeness (QED) is 0.698. The SMILES string of the molecule is O=C(NC1CCCCC1)C(Br)(Br)Br. The summed E-state index contributed by atoms with van der Waals surface area (Å²) in [4.78, 5) is 11.5. The van der Waals surface area contributed by atoms with E-state index in [1.54, 1.807) is 0 Å². The smallest absolute Gasteiger partial charge is 0.258 e. The highest BCUT2D eigenvalue weighted by Crippen LogP contribution is 2.34. The maximum atomic E-state index is 11.5. The zero-order chi connectivity index (χ0) is 9.90. The van der Waals surface area contributed by atoms with Crippen molar-refractivity contribution in [2.75, 3.05) is 0 Å². The Bertz CT molecular complexity index is 184. The second-order valence-corrected chi connectivity index (χ2v) is 10.1. The van der Waals surface area contributed by atoms with Crippen LogP contribution in [0.5, 0.6) is 0 Å². The first-order chi connectivity index (χ1) is 6.00. The maximum Gasteiger partial charge on any atom is 0.258 e. The Labute approximate surface area is 104 Å². The van der Waals surface area contributed by atoms with Crippen molar-refractivity contribution >= 4 is 53.7 Å². The number of rotatable bonds is 1. The van der Waals surface area contributed by atoms with Crippen LogP contribution >= 0.6 is 47.8 Å². The van der Waals surface area contributed by atoms with Crippen LogP contribution < -0.4 is 5.32 Å². The van der Waals surface area contributed by atoms with Gasteiger partial charge in [0.2, 0.25) is 2.14 Å². The first-order valence-corrected chi connectivity index (χ1v) is 6.76. The molecule has 0 aliphatic heterocycles. The van der Waals surface area contributed by atoms with E-state index >= 15 is 0 Å². The van der Waals surface area contributed by atoms with Crippen LogP contribution in [0.2, 0.25) is 0 Å². The molecule has 1 aliphatic rings. The Balaban J connectivity index is 2.35. The fourth-order valence-corrected chi connectivity index (χ4v) is 1.86. The number of carbonyl (C=O) groups excluding carboxylic acids is 1. The van der Waals surface area contributed by atoms with Crippen LogP contribution in [0.3, 0.4) is 0 Å². The normalized spacial score (nSPS) is 19.9. The minimum Gasteiger partial charge on any atom is -0.351 e. The zero-order valence-corrected chi connectivity index (χ0v) is 11.9. The minimum atomic E-state index is -0.801. The molecule has 1 N–H and O–H groups in total. The molecule has 1 saturated carbocycles. The molecule has 0 aromatic heterocycles. The van der Waals surface area contributed by atoms with Gasteiger partial charge in [0.05, 0.1) is 0 Å². The van der Waals surface area contributed by atoms with E-state index in [9.17, 15) is 4.79 Å². The lowest BCUT2D eigenvalue weighted by Crippen LogP contribution is -2.41. The Hall–Kier alpha value is 0.910. The maximum absolute atomic E-state index is 11.5. The average molecular weight is 378 g/mol. The predicted molar refractivity (Wildman–Crippen MR) is 64.5 cm³/mol. The summed E-state index contributed by atoms with van der Waals surface area (Å²) in [6, 6.07) is 0.355. The summed E-state index contributed by atoms with van der Waals surface area (Å²) in [6.45, 7) is 0. The number of amides is 1. The van der Waals surface area contributed by atoms with E-state index in [2.05, 4.69) is 53.1 Å².